The highest BCUT2D eigenvalue weighted by molar-refractivity contribution is 6.08. The maximum absolute atomic E-state index is 12.9. The van der Waals surface area contributed by atoms with Crippen molar-refractivity contribution < 1.29 is 28.9 Å². The van der Waals surface area contributed by atoms with E-state index in [0.717, 1.165) is 11.1 Å². The lowest BCUT2D eigenvalue weighted by Crippen LogP contribution is -2.30. The molecule has 29 heavy (non-hydrogen) atoms. The lowest BCUT2D eigenvalue weighted by atomic mass is 9.95. The summed E-state index contributed by atoms with van der Waals surface area (Å²) in [5.74, 6) is 0.605. The van der Waals surface area contributed by atoms with E-state index in [1.54, 1.807) is 50.4 Å². The first-order chi connectivity index (χ1) is 14.0. The lowest BCUT2D eigenvalue weighted by molar-refractivity contribution is -0.130. The molecule has 2 aromatic carbocycles. The van der Waals surface area contributed by atoms with E-state index in [9.17, 15) is 14.7 Å². The third-order valence-electron chi connectivity index (χ3n) is 5.15. The number of nitrogens with zero attached hydrogens (tertiary/aromatic N) is 1. The fourth-order valence-corrected chi connectivity index (χ4v) is 3.66. The van der Waals surface area contributed by atoms with E-state index in [2.05, 4.69) is 0 Å². The summed E-state index contributed by atoms with van der Waals surface area (Å²) in [6.07, 6.45) is 0.192. The second-order valence-corrected chi connectivity index (χ2v) is 6.84. The van der Waals surface area contributed by atoms with Crippen molar-refractivity contribution >= 4 is 11.7 Å². The van der Waals surface area contributed by atoms with E-state index in [0.29, 0.717) is 17.2 Å². The van der Waals surface area contributed by atoms with Gasteiger partial charge in [0.1, 0.15) is 5.75 Å². The average Bonchev–Trinajstić information content (AvgIpc) is 3.31. The van der Waals surface area contributed by atoms with Gasteiger partial charge in [0, 0.05) is 13.0 Å². The van der Waals surface area contributed by atoms with Crippen molar-refractivity contribution in [2.75, 3.05) is 13.9 Å². The first-order valence-corrected chi connectivity index (χ1v) is 9.33. The van der Waals surface area contributed by atoms with Gasteiger partial charge in [0.05, 0.1) is 18.7 Å². The number of Topliss-reactive ketones (excluding diaryl/α,β-unsaturated/α-hetero) is 1. The van der Waals surface area contributed by atoms with Crippen molar-refractivity contribution in [2.45, 2.75) is 25.9 Å². The summed E-state index contributed by atoms with van der Waals surface area (Å²) in [7, 11) is 1.57. The molecule has 7 nitrogen and oxygen atoms in total. The van der Waals surface area contributed by atoms with E-state index in [1.807, 2.05) is 6.07 Å². The summed E-state index contributed by atoms with van der Waals surface area (Å²) >= 11 is 0. The molecule has 7 heteroatoms. The SMILES string of the molecule is CCC(=O)C1=C(O)C(=O)N(Cc2ccc3c(c2)OCO3)C1c1ccc(OC)cc1. The molecular formula is C22H21NO6. The van der Waals surface area contributed by atoms with Crippen molar-refractivity contribution in [3.63, 3.8) is 0 Å². The van der Waals surface area contributed by atoms with Gasteiger partial charge in [-0.05, 0) is 35.4 Å². The lowest BCUT2D eigenvalue weighted by Gasteiger charge is -2.27. The number of benzene rings is 2. The molecule has 0 bridgehead atoms. The van der Waals surface area contributed by atoms with Gasteiger partial charge in [-0.3, -0.25) is 9.59 Å². The minimum absolute atomic E-state index is 0.128. The quantitative estimate of drug-likeness (QED) is 0.808. The highest BCUT2D eigenvalue weighted by Gasteiger charge is 2.43. The van der Waals surface area contributed by atoms with Crippen molar-refractivity contribution in [3.8, 4) is 17.2 Å². The van der Waals surface area contributed by atoms with Crippen LogP contribution in [0.3, 0.4) is 0 Å². The third kappa shape index (κ3) is 3.29. The molecule has 0 saturated carbocycles. The number of hydrogen-bond donors (Lipinski definition) is 1. The van der Waals surface area contributed by atoms with Crippen LogP contribution in [0.5, 0.6) is 17.2 Å². The molecule has 2 aliphatic heterocycles. The van der Waals surface area contributed by atoms with Crippen molar-refractivity contribution in [2.24, 2.45) is 0 Å². The van der Waals surface area contributed by atoms with Crippen molar-refractivity contribution in [1.82, 2.24) is 4.90 Å². The topological polar surface area (TPSA) is 85.3 Å². The number of carbonyl (C=O) groups excluding carboxylic acids is 2. The van der Waals surface area contributed by atoms with E-state index in [4.69, 9.17) is 14.2 Å². The Morgan fingerprint density at radius 3 is 2.59 bits per heavy atom. The predicted molar refractivity (Wildman–Crippen MR) is 104 cm³/mol. The largest absolute Gasteiger partial charge is 0.503 e. The Kier molecular flexibility index (Phi) is 4.88. The van der Waals surface area contributed by atoms with Crippen LogP contribution in [0.2, 0.25) is 0 Å². The van der Waals surface area contributed by atoms with Gasteiger partial charge in [-0.25, -0.2) is 0 Å². The van der Waals surface area contributed by atoms with Gasteiger partial charge < -0.3 is 24.2 Å². The highest BCUT2D eigenvalue weighted by Crippen LogP contribution is 2.40. The number of aliphatic hydroxyl groups excluding tert-OH is 1. The standard InChI is InChI=1S/C22H21NO6/c1-3-16(24)19-20(14-5-7-15(27-2)8-6-14)23(22(26)21(19)25)11-13-4-9-17-18(10-13)29-12-28-17/h4-10,20,25H,3,11-12H2,1-2H3. The van der Waals surface area contributed by atoms with E-state index in [1.165, 1.54) is 4.90 Å². The summed E-state index contributed by atoms with van der Waals surface area (Å²) in [6, 6.07) is 11.9. The second kappa shape index (κ2) is 7.50. The molecule has 1 N–H and O–H groups in total. The molecular weight excluding hydrogens is 374 g/mol. The van der Waals surface area contributed by atoms with Crippen LogP contribution in [0.4, 0.5) is 0 Å². The summed E-state index contributed by atoms with van der Waals surface area (Å²) in [6.45, 7) is 2.07. The van der Waals surface area contributed by atoms with Crippen LogP contribution >= 0.6 is 0 Å². The van der Waals surface area contributed by atoms with Gasteiger partial charge >= 0.3 is 0 Å². The van der Waals surface area contributed by atoms with Crippen LogP contribution in [-0.4, -0.2) is 35.6 Å². The number of amides is 1. The second-order valence-electron chi connectivity index (χ2n) is 6.84. The van der Waals surface area contributed by atoms with E-state index < -0.39 is 17.7 Å². The van der Waals surface area contributed by atoms with Gasteiger partial charge in [-0.1, -0.05) is 25.1 Å². The number of carbonyl (C=O) groups is 2. The Morgan fingerprint density at radius 2 is 1.90 bits per heavy atom. The van der Waals surface area contributed by atoms with Crippen LogP contribution < -0.4 is 14.2 Å². The maximum atomic E-state index is 12.9. The number of methoxy groups -OCH3 is 1. The summed E-state index contributed by atoms with van der Waals surface area (Å²) < 4.78 is 15.9. The fourth-order valence-electron chi connectivity index (χ4n) is 3.66. The fraction of sp³-hybridized carbons (Fsp3) is 0.273. The molecule has 0 aromatic heterocycles. The highest BCUT2D eigenvalue weighted by atomic mass is 16.7. The molecule has 4 rings (SSSR count). The van der Waals surface area contributed by atoms with Crippen molar-refractivity contribution in [1.29, 1.82) is 0 Å². The molecule has 0 spiro atoms. The Hall–Kier alpha value is -3.48. The molecule has 150 valence electrons. The zero-order chi connectivity index (χ0) is 20.5. The average molecular weight is 395 g/mol. The molecule has 2 aliphatic rings. The summed E-state index contributed by atoms with van der Waals surface area (Å²) in [4.78, 5) is 26.9. The van der Waals surface area contributed by atoms with Crippen LogP contribution in [0.25, 0.3) is 0 Å². The molecule has 0 saturated heterocycles. The van der Waals surface area contributed by atoms with Gasteiger partial charge in [0.15, 0.2) is 23.0 Å². The predicted octanol–water partition coefficient (Wildman–Crippen LogP) is 3.30. The molecule has 1 unspecified atom stereocenters. The molecule has 0 fully saturated rings. The number of ketones is 1. The molecule has 0 aliphatic carbocycles. The number of ether oxygens (including phenoxy) is 3. The molecule has 1 atom stereocenters. The molecule has 0 radical (unpaired) electrons. The van der Waals surface area contributed by atoms with Crippen LogP contribution in [0, 0.1) is 0 Å². The van der Waals surface area contributed by atoms with Crippen LogP contribution in [0.1, 0.15) is 30.5 Å². The van der Waals surface area contributed by atoms with Crippen molar-refractivity contribution in [3.05, 3.63) is 64.9 Å². The minimum Gasteiger partial charge on any atom is -0.503 e. The Bertz CT molecular complexity index is 995. The number of hydrogen-bond acceptors (Lipinski definition) is 6. The van der Waals surface area contributed by atoms with Crippen LogP contribution in [0.15, 0.2) is 53.8 Å². The Labute approximate surface area is 168 Å². The van der Waals surface area contributed by atoms with Gasteiger partial charge in [-0.2, -0.15) is 0 Å². The van der Waals surface area contributed by atoms with Crippen LogP contribution in [-0.2, 0) is 16.1 Å². The minimum atomic E-state index is -0.675. The van der Waals surface area contributed by atoms with Gasteiger partial charge in [-0.15, -0.1) is 0 Å². The normalized spacial score (nSPS) is 17.8. The van der Waals surface area contributed by atoms with Gasteiger partial charge in [0.2, 0.25) is 6.79 Å². The molecule has 2 heterocycles. The van der Waals surface area contributed by atoms with E-state index >= 15 is 0 Å². The molecule has 1 amide bonds. The molecule has 2 aromatic rings. The first kappa shape index (κ1) is 18.9. The summed E-state index contributed by atoms with van der Waals surface area (Å²) in [5, 5.41) is 10.5. The first-order valence-electron chi connectivity index (χ1n) is 9.33. The number of rotatable bonds is 6. The monoisotopic (exact) mass is 395 g/mol. The zero-order valence-corrected chi connectivity index (χ0v) is 16.2. The van der Waals surface area contributed by atoms with E-state index in [-0.39, 0.29) is 31.1 Å². The third-order valence-corrected chi connectivity index (χ3v) is 5.15. The number of fused-ring (bicyclic) bond motifs is 1. The maximum Gasteiger partial charge on any atom is 0.290 e. The zero-order valence-electron chi connectivity index (χ0n) is 16.2. The number of aliphatic hydroxyl groups is 1. The summed E-state index contributed by atoms with van der Waals surface area (Å²) in [5.41, 5.74) is 1.66. The van der Waals surface area contributed by atoms with Gasteiger partial charge in [0.25, 0.3) is 5.91 Å². The Balaban J connectivity index is 1.72. The Morgan fingerprint density at radius 1 is 1.17 bits per heavy atom. The smallest absolute Gasteiger partial charge is 0.290 e.